The van der Waals surface area contributed by atoms with Crippen LogP contribution in [-0.4, -0.2) is 37.2 Å². The molecule has 21 heavy (non-hydrogen) atoms. The van der Waals surface area contributed by atoms with Crippen LogP contribution in [0.5, 0.6) is 0 Å². The van der Waals surface area contributed by atoms with E-state index in [0.717, 1.165) is 0 Å². The van der Waals surface area contributed by atoms with Crippen molar-refractivity contribution in [2.45, 2.75) is 37.6 Å². The van der Waals surface area contributed by atoms with Gasteiger partial charge in [-0.15, -0.1) is 0 Å². The molecule has 1 amide bonds. The van der Waals surface area contributed by atoms with Crippen LogP contribution in [0.4, 0.5) is 0 Å². The highest BCUT2D eigenvalue weighted by atomic mass is 32.2. The molecule has 1 aromatic rings. The predicted molar refractivity (Wildman–Crippen MR) is 77.7 cm³/mol. The Morgan fingerprint density at radius 1 is 1.19 bits per heavy atom. The summed E-state index contributed by atoms with van der Waals surface area (Å²) in [5.74, 6) is -1.46. The standard InChI is InChI=1S/C14H19NO5S/c1-3-12(14(17)18)15-13(16)9-10-5-7-11(8-6-10)21(19,20)4-2/h5-8,12H,3-4,9H2,1-2H3,(H,15,16)(H,17,18). The molecule has 0 aliphatic heterocycles. The van der Waals surface area contributed by atoms with Gasteiger partial charge >= 0.3 is 5.97 Å². The third-order valence-corrected chi connectivity index (χ3v) is 4.82. The number of rotatable bonds is 7. The zero-order valence-electron chi connectivity index (χ0n) is 12.0. The Morgan fingerprint density at radius 2 is 1.76 bits per heavy atom. The van der Waals surface area contributed by atoms with E-state index >= 15 is 0 Å². The van der Waals surface area contributed by atoms with Gasteiger partial charge in [0.2, 0.25) is 5.91 Å². The van der Waals surface area contributed by atoms with E-state index in [0.29, 0.717) is 12.0 Å². The van der Waals surface area contributed by atoms with Crippen LogP contribution >= 0.6 is 0 Å². The van der Waals surface area contributed by atoms with Gasteiger partial charge in [0.05, 0.1) is 17.1 Å². The van der Waals surface area contributed by atoms with Crippen molar-refractivity contribution in [1.82, 2.24) is 5.32 Å². The maximum atomic E-state index is 11.7. The lowest BCUT2D eigenvalue weighted by atomic mass is 10.1. The minimum atomic E-state index is -3.26. The summed E-state index contributed by atoms with van der Waals surface area (Å²) in [5, 5.41) is 11.3. The Kier molecular flexibility index (Phi) is 5.90. The number of carboxylic acids is 1. The molecule has 0 radical (unpaired) electrons. The summed E-state index contributed by atoms with van der Waals surface area (Å²) < 4.78 is 23.3. The molecular weight excluding hydrogens is 294 g/mol. The third-order valence-electron chi connectivity index (χ3n) is 3.07. The molecule has 2 N–H and O–H groups in total. The molecule has 7 heteroatoms. The largest absolute Gasteiger partial charge is 0.480 e. The molecule has 0 fully saturated rings. The number of nitrogens with one attached hydrogen (secondary N) is 1. The highest BCUT2D eigenvalue weighted by Gasteiger charge is 2.18. The number of sulfone groups is 1. The van der Waals surface area contributed by atoms with Crippen molar-refractivity contribution in [2.75, 3.05) is 5.75 Å². The lowest BCUT2D eigenvalue weighted by Gasteiger charge is -2.12. The number of carbonyl (C=O) groups is 2. The summed E-state index contributed by atoms with van der Waals surface area (Å²) in [6, 6.07) is 5.12. The van der Waals surface area contributed by atoms with Gasteiger partial charge in [-0.05, 0) is 24.1 Å². The van der Waals surface area contributed by atoms with Gasteiger partial charge in [-0.2, -0.15) is 0 Å². The normalized spacial score (nSPS) is 12.7. The van der Waals surface area contributed by atoms with Crippen LogP contribution in [0.2, 0.25) is 0 Å². The first-order chi connectivity index (χ1) is 9.80. The van der Waals surface area contributed by atoms with Gasteiger partial charge in [0, 0.05) is 0 Å². The first-order valence-corrected chi connectivity index (χ1v) is 8.29. The fourth-order valence-corrected chi connectivity index (χ4v) is 2.63. The molecular formula is C14H19NO5S. The predicted octanol–water partition coefficient (Wildman–Crippen LogP) is 1.00. The summed E-state index contributed by atoms with van der Waals surface area (Å²) in [5.41, 5.74) is 0.628. The van der Waals surface area contributed by atoms with Crippen LogP contribution in [0.3, 0.4) is 0 Å². The number of hydrogen-bond donors (Lipinski definition) is 2. The number of benzene rings is 1. The van der Waals surface area contributed by atoms with Gasteiger partial charge in [0.15, 0.2) is 9.84 Å². The van der Waals surface area contributed by atoms with Gasteiger partial charge in [-0.25, -0.2) is 13.2 Å². The van der Waals surface area contributed by atoms with Gasteiger partial charge in [0.1, 0.15) is 6.04 Å². The average molecular weight is 313 g/mol. The summed E-state index contributed by atoms with van der Waals surface area (Å²) in [6.07, 6.45) is 0.311. The van der Waals surface area contributed by atoms with E-state index in [2.05, 4.69) is 5.32 Å². The van der Waals surface area contributed by atoms with E-state index in [-0.39, 0.29) is 17.1 Å². The zero-order chi connectivity index (χ0) is 16.0. The van der Waals surface area contributed by atoms with E-state index in [9.17, 15) is 18.0 Å². The molecule has 0 aliphatic carbocycles. The molecule has 0 bridgehead atoms. The summed E-state index contributed by atoms with van der Waals surface area (Å²) in [6.45, 7) is 3.23. The lowest BCUT2D eigenvalue weighted by molar-refractivity contribution is -0.141. The number of carboxylic acid groups (broad SMARTS) is 1. The molecule has 1 rings (SSSR count). The van der Waals surface area contributed by atoms with Crippen molar-refractivity contribution in [3.05, 3.63) is 29.8 Å². The fourth-order valence-electron chi connectivity index (χ4n) is 1.75. The third kappa shape index (κ3) is 4.86. The van der Waals surface area contributed by atoms with Crippen LogP contribution in [0.25, 0.3) is 0 Å². The SMILES string of the molecule is CCC(NC(=O)Cc1ccc(S(=O)(=O)CC)cc1)C(=O)O. The number of hydrogen-bond acceptors (Lipinski definition) is 4. The number of carbonyl (C=O) groups excluding carboxylic acids is 1. The second kappa shape index (κ2) is 7.21. The molecule has 0 aliphatic rings. The van der Waals surface area contributed by atoms with Crippen LogP contribution < -0.4 is 5.32 Å². The molecule has 0 saturated carbocycles. The van der Waals surface area contributed by atoms with Crippen LogP contribution in [0.15, 0.2) is 29.2 Å². The first-order valence-electron chi connectivity index (χ1n) is 6.64. The Hall–Kier alpha value is -1.89. The maximum absolute atomic E-state index is 11.7. The molecule has 1 atom stereocenters. The van der Waals surface area contributed by atoms with Crippen molar-refractivity contribution in [3.8, 4) is 0 Å². The molecule has 0 aromatic heterocycles. The maximum Gasteiger partial charge on any atom is 0.326 e. The molecule has 1 unspecified atom stereocenters. The average Bonchev–Trinajstić information content (AvgIpc) is 2.45. The zero-order valence-corrected chi connectivity index (χ0v) is 12.8. The van der Waals surface area contributed by atoms with Crippen molar-refractivity contribution < 1.29 is 23.1 Å². The highest BCUT2D eigenvalue weighted by molar-refractivity contribution is 7.91. The lowest BCUT2D eigenvalue weighted by Crippen LogP contribution is -2.40. The molecule has 1 aromatic carbocycles. The monoisotopic (exact) mass is 313 g/mol. The molecule has 0 heterocycles. The van der Waals surface area contributed by atoms with Crippen molar-refractivity contribution in [1.29, 1.82) is 0 Å². The first kappa shape index (κ1) is 17.2. The van der Waals surface area contributed by atoms with E-state index < -0.39 is 27.8 Å². The summed E-state index contributed by atoms with van der Waals surface area (Å²) in [7, 11) is -3.26. The smallest absolute Gasteiger partial charge is 0.326 e. The van der Waals surface area contributed by atoms with Crippen LogP contribution in [0.1, 0.15) is 25.8 Å². The Morgan fingerprint density at radius 3 is 2.19 bits per heavy atom. The summed E-state index contributed by atoms with van der Waals surface area (Å²) in [4.78, 5) is 22.8. The number of aliphatic carboxylic acids is 1. The molecule has 0 saturated heterocycles. The molecule has 116 valence electrons. The van der Waals surface area contributed by atoms with Crippen molar-refractivity contribution in [3.63, 3.8) is 0 Å². The quantitative estimate of drug-likeness (QED) is 0.782. The van der Waals surface area contributed by atoms with Crippen molar-refractivity contribution >= 4 is 21.7 Å². The van der Waals surface area contributed by atoms with E-state index in [1.54, 1.807) is 26.0 Å². The second-order valence-electron chi connectivity index (χ2n) is 4.59. The molecule has 6 nitrogen and oxygen atoms in total. The Bertz CT molecular complexity index is 607. The van der Waals surface area contributed by atoms with E-state index in [4.69, 9.17) is 5.11 Å². The second-order valence-corrected chi connectivity index (χ2v) is 6.87. The Labute approximate surface area is 124 Å². The number of amides is 1. The van der Waals surface area contributed by atoms with Crippen molar-refractivity contribution in [2.24, 2.45) is 0 Å². The minimum absolute atomic E-state index is 0.0102. The van der Waals surface area contributed by atoms with Crippen LogP contribution in [-0.2, 0) is 25.8 Å². The Balaban J connectivity index is 2.72. The van der Waals surface area contributed by atoms with Gasteiger partial charge in [0.25, 0.3) is 0 Å². The summed E-state index contributed by atoms with van der Waals surface area (Å²) >= 11 is 0. The van der Waals surface area contributed by atoms with E-state index in [1.165, 1.54) is 12.1 Å². The topological polar surface area (TPSA) is 101 Å². The van der Waals surface area contributed by atoms with Crippen LogP contribution in [0, 0.1) is 0 Å². The molecule has 0 spiro atoms. The fraction of sp³-hybridized carbons (Fsp3) is 0.429. The highest BCUT2D eigenvalue weighted by Crippen LogP contribution is 2.12. The minimum Gasteiger partial charge on any atom is -0.480 e. The van der Waals surface area contributed by atoms with Gasteiger partial charge in [-0.3, -0.25) is 4.79 Å². The van der Waals surface area contributed by atoms with E-state index in [1.807, 2.05) is 0 Å². The van der Waals surface area contributed by atoms with Gasteiger partial charge < -0.3 is 10.4 Å². The van der Waals surface area contributed by atoms with Gasteiger partial charge in [-0.1, -0.05) is 26.0 Å².